The van der Waals surface area contributed by atoms with Gasteiger partial charge in [-0.05, 0) is 283 Å². The predicted molar refractivity (Wildman–Crippen MR) is 470 cm³/mol. The molecule has 109 heavy (non-hydrogen) atoms. The van der Waals surface area contributed by atoms with Crippen molar-refractivity contribution in [3.63, 3.8) is 0 Å². The molecule has 7 amide bonds. The zero-order chi connectivity index (χ0) is 85.3. The van der Waals surface area contributed by atoms with Crippen molar-refractivity contribution >= 4 is 41.4 Å². The van der Waals surface area contributed by atoms with Gasteiger partial charge in [0.25, 0.3) is 0 Å². The lowest BCUT2D eigenvalue weighted by molar-refractivity contribution is -0.128. The lowest BCUT2D eigenvalue weighted by Crippen LogP contribution is -2.45. The third-order valence-corrected chi connectivity index (χ3v) is 18.7. The second kappa shape index (κ2) is 52.0. The van der Waals surface area contributed by atoms with Crippen LogP contribution < -0.4 is 37.2 Å². The Hall–Kier alpha value is -5.53. The highest BCUT2D eigenvalue weighted by atomic mass is 16.2. The number of allylic oxidation sites excluding steroid dienone is 7. The Morgan fingerprint density at radius 1 is 0.367 bits per heavy atom. The maximum Gasteiger partial charge on any atom is 0.224 e. The molecule has 4 fully saturated rings. The van der Waals surface area contributed by atoms with E-state index in [0.717, 1.165) is 119 Å². The summed E-state index contributed by atoms with van der Waals surface area (Å²) in [5, 5.41) is 21.3. The maximum absolute atomic E-state index is 12.2. The monoisotopic (exact) mass is 1530 g/mol. The van der Waals surface area contributed by atoms with E-state index in [-0.39, 0.29) is 127 Å². The van der Waals surface area contributed by atoms with Crippen LogP contribution in [0, 0.1) is 82.3 Å². The van der Waals surface area contributed by atoms with E-state index >= 15 is 0 Å². The molecule has 4 aliphatic rings. The van der Waals surface area contributed by atoms with Gasteiger partial charge in [-0.15, -0.1) is 46.1 Å². The van der Waals surface area contributed by atoms with Gasteiger partial charge in [-0.3, -0.25) is 33.6 Å². The summed E-state index contributed by atoms with van der Waals surface area (Å²) in [4.78, 5) is 84.1. The molecular formula is C95H175N7O7. The quantitative estimate of drug-likeness (QED) is 0.0317. The molecule has 0 bridgehead atoms. The maximum atomic E-state index is 12.2. The first-order valence-corrected chi connectivity index (χ1v) is 42.2. The first kappa shape index (κ1) is 108. The Morgan fingerprint density at radius 3 is 0.826 bits per heavy atom. The van der Waals surface area contributed by atoms with Crippen LogP contribution in [-0.4, -0.2) is 80.1 Å². The number of amides is 7. The molecule has 0 aliphatic heterocycles. The molecule has 7 N–H and O–H groups in total. The third-order valence-electron chi connectivity index (χ3n) is 18.7. The number of nitrogens with one attached hydrogen (secondary N) is 7. The summed E-state index contributed by atoms with van der Waals surface area (Å²) in [5.41, 5.74) is 0.236. The Balaban J connectivity index is -0.00000120. The van der Waals surface area contributed by atoms with Crippen LogP contribution in [0.25, 0.3) is 0 Å². The van der Waals surface area contributed by atoms with Gasteiger partial charge in [0.15, 0.2) is 0 Å². The molecule has 0 aromatic heterocycles. The molecule has 0 spiro atoms. The van der Waals surface area contributed by atoms with Crippen LogP contribution in [0.4, 0.5) is 0 Å². The first-order valence-electron chi connectivity index (χ1n) is 42.2. The SMILES string of the molecule is C=CCC(CC(=C)C)C(=O)NC(C)(C)C.C=CCC(CC(C)(C)C)C(=O)NC(C)(C)C.C=CCC(CC1CC1)C(=O)NC(C)(C)C.C=CCC(CC1CC1C)C(=O)NC(C)(C)C.C=CCC(CC1CCC1)C(=O)NC(C)(C)C.C=CCC(CC1CCCC1)C(=O)NC(C)(C)C.CCCC(C(=O)NC(C)(C)C)C(C)C. The smallest absolute Gasteiger partial charge is 0.224 e. The number of carbonyl (C=O) groups excluding carboxylic acids is 7. The predicted octanol–water partition coefficient (Wildman–Crippen LogP) is 22.6. The zero-order valence-corrected chi connectivity index (χ0v) is 76.2. The lowest BCUT2D eigenvalue weighted by Gasteiger charge is -2.30. The second-order valence-corrected chi connectivity index (χ2v) is 41.4. The highest BCUT2D eigenvalue weighted by Gasteiger charge is 2.37. The van der Waals surface area contributed by atoms with Crippen molar-refractivity contribution in [3.8, 4) is 0 Å². The van der Waals surface area contributed by atoms with Crippen molar-refractivity contribution in [1.82, 2.24) is 37.2 Å². The van der Waals surface area contributed by atoms with E-state index in [1.165, 1.54) is 64.2 Å². The highest BCUT2D eigenvalue weighted by molar-refractivity contribution is 5.82. The standard InChI is InChI=1S/C15H27NO.2C14H25NO.C14H27NO.2C13H23NO.C12H25NO/c1-5-8-13(11-12-9-6-7-10-12)14(17)16-15(2,3)4;1-6-7-11(9-12-8-10(12)2)13(16)15-14(3,4)5;1-5-7-12(10-11-8-6-9-11)13(16)15-14(2,3)4;1-8-9-11(10-13(2,3)4)12(16)15-14(5,6)7;1-5-6-11(9-10-7-8-10)12(15)14-13(2,3)4;1-7-8-11(9-10(2)3)12(15)14-13(4,5)6;1-7-8-10(9(2)3)11(14)13-12(4,5)6/h5,12-13H,1,6-11H2,2-4H3,(H,16,17);6,10-12H,1,7-9H2,2-5H3,(H,15,16);5,11-12H,1,6-10H2,2-4H3,(H,15,16);8,11H,1,9-10H2,2-7H3,(H,15,16);5,10-11H,1,6-9H2,2-4H3,(H,14,15);7,11H,1-2,8-9H2,3-6H3,(H,14,15);9-10H,7-8H2,1-6H3,(H,13,14). The Labute approximate surface area is 672 Å². The summed E-state index contributed by atoms with van der Waals surface area (Å²) >= 11 is 0. The molecule has 9 unspecified atom stereocenters. The summed E-state index contributed by atoms with van der Waals surface area (Å²) in [5.74, 6) is 6.20. The van der Waals surface area contributed by atoms with Gasteiger partial charge >= 0.3 is 0 Å². The van der Waals surface area contributed by atoms with Crippen molar-refractivity contribution in [2.24, 2.45) is 82.3 Å². The van der Waals surface area contributed by atoms with Crippen LogP contribution >= 0.6 is 0 Å². The van der Waals surface area contributed by atoms with Crippen LogP contribution in [-0.2, 0) is 33.6 Å². The minimum atomic E-state index is -0.175. The molecule has 0 saturated heterocycles. The van der Waals surface area contributed by atoms with Gasteiger partial charge in [-0.2, -0.15) is 0 Å². The minimum absolute atomic E-state index is 0.0285. The molecule has 632 valence electrons. The van der Waals surface area contributed by atoms with Crippen LogP contribution in [0.2, 0.25) is 0 Å². The molecule has 0 radical (unpaired) electrons. The number of rotatable bonds is 33. The molecule has 0 aromatic carbocycles. The van der Waals surface area contributed by atoms with E-state index in [1.54, 1.807) is 6.08 Å². The largest absolute Gasteiger partial charge is 0.351 e. The number of carbonyl (C=O) groups is 7. The second-order valence-electron chi connectivity index (χ2n) is 41.4. The van der Waals surface area contributed by atoms with Crippen LogP contribution in [0.3, 0.4) is 0 Å². The molecule has 4 aliphatic carbocycles. The van der Waals surface area contributed by atoms with Gasteiger partial charge in [-0.25, -0.2) is 0 Å². The average molecular weight is 1530 g/mol. The van der Waals surface area contributed by atoms with E-state index in [0.29, 0.717) is 12.3 Å². The molecule has 4 rings (SSSR count). The Kier molecular flexibility index (Phi) is 51.3. The van der Waals surface area contributed by atoms with E-state index < -0.39 is 0 Å². The van der Waals surface area contributed by atoms with Gasteiger partial charge < -0.3 is 37.2 Å². The van der Waals surface area contributed by atoms with Gasteiger partial charge in [0.1, 0.15) is 0 Å². The average Bonchev–Trinajstić information content (AvgIpc) is 1.69. The van der Waals surface area contributed by atoms with Crippen molar-refractivity contribution in [2.75, 3.05) is 0 Å². The van der Waals surface area contributed by atoms with Crippen molar-refractivity contribution < 1.29 is 33.6 Å². The molecule has 9 atom stereocenters. The molecular weight excluding hydrogens is 1350 g/mol. The molecule has 14 nitrogen and oxygen atoms in total. The van der Waals surface area contributed by atoms with Crippen molar-refractivity contribution in [2.45, 2.75) is 394 Å². The highest BCUT2D eigenvalue weighted by Crippen LogP contribution is 2.43. The first-order chi connectivity index (χ1) is 49.7. The zero-order valence-electron chi connectivity index (χ0n) is 76.2. The summed E-state index contributed by atoms with van der Waals surface area (Å²) in [6.07, 6.45) is 36.7. The van der Waals surface area contributed by atoms with Gasteiger partial charge in [0.05, 0.1) is 0 Å². The summed E-state index contributed by atoms with van der Waals surface area (Å²) in [7, 11) is 0. The summed E-state index contributed by atoms with van der Waals surface area (Å²) in [6, 6.07) is 0. The fourth-order valence-electron chi connectivity index (χ4n) is 13.2. The molecule has 14 heteroatoms. The van der Waals surface area contributed by atoms with E-state index in [1.807, 2.05) is 183 Å². The molecule has 0 heterocycles. The topological polar surface area (TPSA) is 204 Å². The van der Waals surface area contributed by atoms with Crippen LogP contribution in [0.5, 0.6) is 0 Å². The number of hydrogen-bond donors (Lipinski definition) is 7. The molecule has 4 saturated carbocycles. The van der Waals surface area contributed by atoms with Gasteiger partial charge in [-0.1, -0.05) is 155 Å². The fraction of sp³-hybridized carbons (Fsp3) is 0.779. The Morgan fingerprint density at radius 2 is 0.606 bits per heavy atom. The van der Waals surface area contributed by atoms with E-state index in [2.05, 4.69) is 132 Å². The normalized spacial score (nSPS) is 17.8. The Bertz CT molecular complexity index is 2660. The number of hydrogen-bond acceptors (Lipinski definition) is 7. The fourth-order valence-corrected chi connectivity index (χ4v) is 13.2. The lowest BCUT2D eigenvalue weighted by atomic mass is 9.78. The summed E-state index contributed by atoms with van der Waals surface area (Å²) < 4.78 is 0. The van der Waals surface area contributed by atoms with E-state index in [9.17, 15) is 33.6 Å². The minimum Gasteiger partial charge on any atom is -0.351 e. The summed E-state index contributed by atoms with van der Waals surface area (Å²) in [6.45, 7) is 85.6. The van der Waals surface area contributed by atoms with Gasteiger partial charge in [0.2, 0.25) is 41.4 Å². The van der Waals surface area contributed by atoms with Crippen LogP contribution in [0.1, 0.15) is 355 Å². The molecule has 0 aromatic rings. The van der Waals surface area contributed by atoms with E-state index in [4.69, 9.17) is 0 Å². The third kappa shape index (κ3) is 61.7. The van der Waals surface area contributed by atoms with Crippen molar-refractivity contribution in [3.05, 3.63) is 88.1 Å². The van der Waals surface area contributed by atoms with Crippen molar-refractivity contribution in [1.29, 1.82) is 0 Å². The van der Waals surface area contributed by atoms with Gasteiger partial charge in [0, 0.05) is 80.2 Å². The van der Waals surface area contributed by atoms with Crippen LogP contribution in [0.15, 0.2) is 88.1 Å².